The third kappa shape index (κ3) is 4.78. The SMILES string of the molecule is CCCC(C)NC(=O)C(C)Oc1c(C)cc(C#N)cc1C. The lowest BCUT2D eigenvalue weighted by molar-refractivity contribution is -0.127. The van der Waals surface area contributed by atoms with Gasteiger partial charge in [0.25, 0.3) is 5.91 Å². The first-order chi connectivity index (χ1) is 9.88. The van der Waals surface area contributed by atoms with E-state index in [-0.39, 0.29) is 11.9 Å². The highest BCUT2D eigenvalue weighted by Crippen LogP contribution is 2.25. The van der Waals surface area contributed by atoms with Crippen LogP contribution < -0.4 is 10.1 Å². The molecule has 0 saturated carbocycles. The van der Waals surface area contributed by atoms with Crippen molar-refractivity contribution in [1.29, 1.82) is 5.26 Å². The second kappa shape index (κ2) is 7.68. The van der Waals surface area contributed by atoms with Crippen LogP contribution in [0.3, 0.4) is 0 Å². The van der Waals surface area contributed by atoms with Crippen molar-refractivity contribution in [3.8, 4) is 11.8 Å². The number of hydrogen-bond acceptors (Lipinski definition) is 3. The van der Waals surface area contributed by atoms with Gasteiger partial charge in [0.15, 0.2) is 6.10 Å². The van der Waals surface area contributed by atoms with Crippen molar-refractivity contribution in [1.82, 2.24) is 5.32 Å². The van der Waals surface area contributed by atoms with Crippen molar-refractivity contribution in [3.63, 3.8) is 0 Å². The lowest BCUT2D eigenvalue weighted by atomic mass is 10.1. The molecule has 4 heteroatoms. The van der Waals surface area contributed by atoms with Crippen molar-refractivity contribution in [2.45, 2.75) is 59.6 Å². The van der Waals surface area contributed by atoms with E-state index in [1.54, 1.807) is 19.1 Å². The normalized spacial score (nSPS) is 13.1. The van der Waals surface area contributed by atoms with Gasteiger partial charge in [-0.1, -0.05) is 13.3 Å². The van der Waals surface area contributed by atoms with Crippen LogP contribution in [0.4, 0.5) is 0 Å². The topological polar surface area (TPSA) is 62.1 Å². The van der Waals surface area contributed by atoms with Gasteiger partial charge in [-0.15, -0.1) is 0 Å². The van der Waals surface area contributed by atoms with Crippen LogP contribution in [0.25, 0.3) is 0 Å². The van der Waals surface area contributed by atoms with E-state index in [0.29, 0.717) is 11.3 Å². The molecule has 1 aromatic carbocycles. The Kier molecular flexibility index (Phi) is 6.23. The van der Waals surface area contributed by atoms with E-state index >= 15 is 0 Å². The molecule has 0 saturated heterocycles. The molecule has 2 unspecified atom stereocenters. The molecule has 114 valence electrons. The Hall–Kier alpha value is -2.02. The molecule has 0 radical (unpaired) electrons. The molecule has 1 aromatic rings. The van der Waals surface area contributed by atoms with Crippen LogP contribution in [0.5, 0.6) is 5.75 Å². The maximum Gasteiger partial charge on any atom is 0.260 e. The van der Waals surface area contributed by atoms with Gasteiger partial charge in [-0.05, 0) is 57.4 Å². The van der Waals surface area contributed by atoms with Crippen LogP contribution in [0.1, 0.15) is 50.3 Å². The largest absolute Gasteiger partial charge is 0.480 e. The van der Waals surface area contributed by atoms with Gasteiger partial charge in [0, 0.05) is 6.04 Å². The molecule has 0 aromatic heterocycles. The number of aryl methyl sites for hydroxylation is 2. The molecule has 0 aliphatic carbocycles. The standard InChI is InChI=1S/C17H24N2O2/c1-6-7-13(4)19-17(20)14(5)21-16-11(2)8-15(10-18)9-12(16)3/h8-9,13-14H,6-7H2,1-5H3,(H,19,20). The van der Waals surface area contributed by atoms with Gasteiger partial charge in [0.05, 0.1) is 11.6 Å². The molecule has 0 aliphatic heterocycles. The van der Waals surface area contributed by atoms with Crippen LogP contribution in [-0.2, 0) is 4.79 Å². The van der Waals surface area contributed by atoms with Gasteiger partial charge in [0.1, 0.15) is 5.75 Å². The third-order valence-electron chi connectivity index (χ3n) is 3.36. The Morgan fingerprint density at radius 1 is 1.33 bits per heavy atom. The highest BCUT2D eigenvalue weighted by molar-refractivity contribution is 5.81. The zero-order chi connectivity index (χ0) is 16.0. The van der Waals surface area contributed by atoms with Gasteiger partial charge in [-0.2, -0.15) is 5.26 Å². The minimum Gasteiger partial charge on any atom is -0.480 e. The molecule has 1 amide bonds. The highest BCUT2D eigenvalue weighted by Gasteiger charge is 2.18. The Morgan fingerprint density at radius 3 is 2.38 bits per heavy atom. The number of carbonyl (C=O) groups excluding carboxylic acids is 1. The molecule has 2 atom stereocenters. The van der Waals surface area contributed by atoms with Crippen molar-refractivity contribution < 1.29 is 9.53 Å². The molecular formula is C17H24N2O2. The summed E-state index contributed by atoms with van der Waals surface area (Å²) >= 11 is 0. The van der Waals surface area contributed by atoms with Crippen LogP contribution in [0.2, 0.25) is 0 Å². The fourth-order valence-corrected chi connectivity index (χ4v) is 2.30. The molecule has 0 aliphatic rings. The molecule has 1 N–H and O–H groups in total. The zero-order valence-electron chi connectivity index (χ0n) is 13.5. The monoisotopic (exact) mass is 288 g/mol. The average Bonchev–Trinajstić information content (AvgIpc) is 2.42. The average molecular weight is 288 g/mol. The second-order valence-electron chi connectivity index (χ2n) is 5.51. The van der Waals surface area contributed by atoms with Crippen molar-refractivity contribution in [3.05, 3.63) is 28.8 Å². The lowest BCUT2D eigenvalue weighted by Gasteiger charge is -2.20. The van der Waals surface area contributed by atoms with E-state index in [9.17, 15) is 4.79 Å². The summed E-state index contributed by atoms with van der Waals surface area (Å²) in [6, 6.07) is 5.81. The predicted octanol–water partition coefficient (Wildman–Crippen LogP) is 3.25. The summed E-state index contributed by atoms with van der Waals surface area (Å²) in [5.74, 6) is 0.568. The quantitative estimate of drug-likeness (QED) is 0.874. The molecular weight excluding hydrogens is 264 g/mol. The molecule has 0 bridgehead atoms. The fraction of sp³-hybridized carbons (Fsp3) is 0.529. The van der Waals surface area contributed by atoms with E-state index in [1.807, 2.05) is 20.8 Å². The Labute approximate surface area is 127 Å². The van der Waals surface area contributed by atoms with Crippen LogP contribution >= 0.6 is 0 Å². The van der Waals surface area contributed by atoms with Crippen LogP contribution in [-0.4, -0.2) is 18.1 Å². The maximum atomic E-state index is 12.1. The van der Waals surface area contributed by atoms with Gasteiger partial charge in [-0.25, -0.2) is 0 Å². The minimum atomic E-state index is -0.561. The van der Waals surface area contributed by atoms with E-state index < -0.39 is 6.10 Å². The number of ether oxygens (including phenoxy) is 1. The molecule has 21 heavy (non-hydrogen) atoms. The Bertz CT molecular complexity index is 523. The summed E-state index contributed by atoms with van der Waals surface area (Å²) < 4.78 is 5.79. The summed E-state index contributed by atoms with van der Waals surface area (Å²) in [6.45, 7) is 9.59. The summed E-state index contributed by atoms with van der Waals surface area (Å²) in [5, 5.41) is 11.9. The van der Waals surface area contributed by atoms with Crippen molar-refractivity contribution >= 4 is 5.91 Å². The number of nitrogens with one attached hydrogen (secondary N) is 1. The minimum absolute atomic E-state index is 0.112. The maximum absolute atomic E-state index is 12.1. The van der Waals surface area contributed by atoms with Gasteiger partial charge in [0.2, 0.25) is 0 Å². The Balaban J connectivity index is 2.77. The fourth-order valence-electron chi connectivity index (χ4n) is 2.30. The lowest BCUT2D eigenvalue weighted by Crippen LogP contribution is -2.41. The van der Waals surface area contributed by atoms with Gasteiger partial charge in [-0.3, -0.25) is 4.79 Å². The van der Waals surface area contributed by atoms with Crippen molar-refractivity contribution in [2.24, 2.45) is 0 Å². The number of benzene rings is 1. The molecule has 0 spiro atoms. The number of nitriles is 1. The van der Waals surface area contributed by atoms with Crippen LogP contribution in [0, 0.1) is 25.2 Å². The van der Waals surface area contributed by atoms with E-state index in [4.69, 9.17) is 10.00 Å². The van der Waals surface area contributed by atoms with Crippen LogP contribution in [0.15, 0.2) is 12.1 Å². The molecule has 4 nitrogen and oxygen atoms in total. The smallest absolute Gasteiger partial charge is 0.260 e. The summed E-state index contributed by atoms with van der Waals surface area (Å²) in [4.78, 5) is 12.1. The number of amides is 1. The summed E-state index contributed by atoms with van der Waals surface area (Å²) in [6.07, 6.45) is 1.42. The first-order valence-electron chi connectivity index (χ1n) is 7.37. The first-order valence-corrected chi connectivity index (χ1v) is 7.37. The molecule has 0 fully saturated rings. The zero-order valence-corrected chi connectivity index (χ0v) is 13.5. The molecule has 1 rings (SSSR count). The van der Waals surface area contributed by atoms with Gasteiger partial charge >= 0.3 is 0 Å². The third-order valence-corrected chi connectivity index (χ3v) is 3.36. The van der Waals surface area contributed by atoms with E-state index in [2.05, 4.69) is 18.3 Å². The number of hydrogen-bond donors (Lipinski definition) is 1. The Morgan fingerprint density at radius 2 is 1.90 bits per heavy atom. The van der Waals surface area contributed by atoms with E-state index in [0.717, 1.165) is 24.0 Å². The predicted molar refractivity (Wildman–Crippen MR) is 83.2 cm³/mol. The van der Waals surface area contributed by atoms with Crippen molar-refractivity contribution in [2.75, 3.05) is 0 Å². The molecule has 0 heterocycles. The first kappa shape index (κ1) is 17.0. The summed E-state index contributed by atoms with van der Waals surface area (Å²) in [5.41, 5.74) is 2.34. The van der Waals surface area contributed by atoms with E-state index in [1.165, 1.54) is 0 Å². The number of carbonyl (C=O) groups is 1. The number of rotatable bonds is 6. The van der Waals surface area contributed by atoms with Gasteiger partial charge < -0.3 is 10.1 Å². The second-order valence-corrected chi connectivity index (χ2v) is 5.51. The summed E-state index contributed by atoms with van der Waals surface area (Å²) in [7, 11) is 0. The highest BCUT2D eigenvalue weighted by atomic mass is 16.5. The number of nitrogens with zero attached hydrogens (tertiary/aromatic N) is 1.